The molecular weight excluding hydrogens is 328 g/mol. The van der Waals surface area contributed by atoms with Crippen molar-refractivity contribution >= 4 is 33.5 Å². The van der Waals surface area contributed by atoms with E-state index in [9.17, 15) is 9.59 Å². The number of nitrogens with zero attached hydrogens (tertiary/aromatic N) is 1. The average molecular weight is 345 g/mol. The van der Waals surface area contributed by atoms with Crippen LogP contribution in [0.25, 0.3) is 0 Å². The van der Waals surface area contributed by atoms with Gasteiger partial charge in [-0.1, -0.05) is 15.9 Å². The number of anilines is 1. The second kappa shape index (κ2) is 7.86. The summed E-state index contributed by atoms with van der Waals surface area (Å²) in [5.41, 5.74) is 0.633. The second-order valence-electron chi connectivity index (χ2n) is 4.17. The number of carboxylic acid groups (broad SMARTS) is 1. The van der Waals surface area contributed by atoms with Crippen LogP contribution in [0.2, 0.25) is 0 Å². The van der Waals surface area contributed by atoms with Crippen LogP contribution in [0.5, 0.6) is 0 Å². The average Bonchev–Trinajstić information content (AvgIpc) is 2.38. The number of nitrogens with one attached hydrogen (secondary N) is 1. The lowest BCUT2D eigenvalue weighted by molar-refractivity contribution is -0.119. The van der Waals surface area contributed by atoms with Gasteiger partial charge in [-0.25, -0.2) is 4.79 Å². The number of rotatable bonds is 7. The van der Waals surface area contributed by atoms with E-state index in [0.717, 1.165) is 4.47 Å². The van der Waals surface area contributed by atoms with Gasteiger partial charge in [-0.05, 0) is 18.2 Å². The molecule has 0 fully saturated rings. The fourth-order valence-corrected chi connectivity index (χ4v) is 2.00. The Morgan fingerprint density at radius 1 is 1.45 bits per heavy atom. The summed E-state index contributed by atoms with van der Waals surface area (Å²) in [6, 6.07) is 4.83. The van der Waals surface area contributed by atoms with Crippen LogP contribution in [0.4, 0.5) is 5.69 Å². The molecule has 1 aromatic carbocycles. The maximum atomic E-state index is 11.7. The Kier molecular flexibility index (Phi) is 6.47. The lowest BCUT2D eigenvalue weighted by Gasteiger charge is -2.21. The fraction of sp³-hybridized carbons (Fsp3) is 0.385. The van der Waals surface area contributed by atoms with Crippen molar-refractivity contribution in [3.8, 4) is 0 Å². The summed E-state index contributed by atoms with van der Waals surface area (Å²) in [4.78, 5) is 24.5. The number of carbonyl (C=O) groups excluding carboxylic acids is 1. The predicted molar refractivity (Wildman–Crippen MR) is 79.3 cm³/mol. The van der Waals surface area contributed by atoms with E-state index in [-0.39, 0.29) is 18.0 Å². The molecule has 0 aromatic heterocycles. The summed E-state index contributed by atoms with van der Waals surface area (Å²) in [6.07, 6.45) is 0. The molecule has 0 aliphatic rings. The quantitative estimate of drug-likeness (QED) is 0.730. The van der Waals surface area contributed by atoms with Crippen LogP contribution in [0.1, 0.15) is 10.4 Å². The van der Waals surface area contributed by atoms with E-state index in [2.05, 4.69) is 21.2 Å². The van der Waals surface area contributed by atoms with Crippen molar-refractivity contribution in [1.29, 1.82) is 0 Å². The zero-order valence-electron chi connectivity index (χ0n) is 11.4. The first-order chi connectivity index (χ1) is 9.45. The molecule has 0 radical (unpaired) electrons. The Morgan fingerprint density at radius 3 is 2.75 bits per heavy atom. The van der Waals surface area contributed by atoms with Crippen molar-refractivity contribution in [2.45, 2.75) is 0 Å². The van der Waals surface area contributed by atoms with Gasteiger partial charge in [0, 0.05) is 25.2 Å². The SMILES string of the molecule is COCCNC(=O)CN(C)c1cc(Br)ccc1C(=O)O. The van der Waals surface area contributed by atoms with Crippen molar-refractivity contribution < 1.29 is 19.4 Å². The minimum Gasteiger partial charge on any atom is -0.478 e. The lowest BCUT2D eigenvalue weighted by atomic mass is 10.1. The third-order valence-corrected chi connectivity index (χ3v) is 3.10. The van der Waals surface area contributed by atoms with E-state index in [1.165, 1.54) is 6.07 Å². The van der Waals surface area contributed by atoms with Gasteiger partial charge in [-0.2, -0.15) is 0 Å². The zero-order valence-corrected chi connectivity index (χ0v) is 12.9. The van der Waals surface area contributed by atoms with E-state index < -0.39 is 5.97 Å². The van der Waals surface area contributed by atoms with E-state index >= 15 is 0 Å². The number of methoxy groups -OCH3 is 1. The molecule has 0 aliphatic carbocycles. The third kappa shape index (κ3) is 4.82. The first-order valence-corrected chi connectivity index (χ1v) is 6.74. The van der Waals surface area contributed by atoms with Crippen LogP contribution in [-0.4, -0.2) is 50.8 Å². The van der Waals surface area contributed by atoms with Gasteiger partial charge in [0.25, 0.3) is 0 Å². The van der Waals surface area contributed by atoms with Gasteiger partial charge in [0.1, 0.15) is 0 Å². The number of likely N-dealkylation sites (N-methyl/N-ethyl adjacent to an activating group) is 1. The van der Waals surface area contributed by atoms with Gasteiger partial charge in [0.2, 0.25) is 5.91 Å². The number of carbonyl (C=O) groups is 2. The molecule has 0 bridgehead atoms. The maximum absolute atomic E-state index is 11.7. The molecule has 20 heavy (non-hydrogen) atoms. The topological polar surface area (TPSA) is 78.9 Å². The van der Waals surface area contributed by atoms with Crippen LogP contribution in [0.3, 0.4) is 0 Å². The first kappa shape index (κ1) is 16.5. The lowest BCUT2D eigenvalue weighted by Crippen LogP contribution is -2.37. The fourth-order valence-electron chi connectivity index (χ4n) is 1.65. The summed E-state index contributed by atoms with van der Waals surface area (Å²) in [6.45, 7) is 0.931. The monoisotopic (exact) mass is 344 g/mol. The molecule has 0 saturated heterocycles. The minimum absolute atomic E-state index is 0.0699. The molecule has 1 amide bonds. The summed E-state index contributed by atoms with van der Waals surface area (Å²) in [7, 11) is 3.23. The molecular formula is C13H17BrN2O4. The first-order valence-electron chi connectivity index (χ1n) is 5.95. The number of carboxylic acids is 1. The molecule has 6 nitrogen and oxygen atoms in total. The van der Waals surface area contributed by atoms with Gasteiger partial charge in [0.05, 0.1) is 24.4 Å². The smallest absolute Gasteiger partial charge is 0.337 e. The summed E-state index contributed by atoms with van der Waals surface area (Å²) in [5.74, 6) is -1.22. The van der Waals surface area contributed by atoms with Crippen molar-refractivity contribution in [3.63, 3.8) is 0 Å². The summed E-state index contributed by atoms with van der Waals surface area (Å²) < 4.78 is 5.59. The van der Waals surface area contributed by atoms with Crippen molar-refractivity contribution in [1.82, 2.24) is 5.32 Å². The number of aromatic carboxylic acids is 1. The van der Waals surface area contributed by atoms with Gasteiger partial charge < -0.3 is 20.1 Å². The van der Waals surface area contributed by atoms with E-state index in [1.807, 2.05) is 0 Å². The number of ether oxygens (including phenoxy) is 1. The molecule has 110 valence electrons. The third-order valence-electron chi connectivity index (χ3n) is 2.61. The number of hydrogen-bond acceptors (Lipinski definition) is 4. The molecule has 1 aromatic rings. The van der Waals surface area contributed by atoms with Gasteiger partial charge in [-0.3, -0.25) is 4.79 Å². The summed E-state index contributed by atoms with van der Waals surface area (Å²) >= 11 is 3.29. The maximum Gasteiger partial charge on any atom is 0.337 e. The molecule has 0 unspecified atom stereocenters. The molecule has 0 spiro atoms. The molecule has 7 heteroatoms. The van der Waals surface area contributed by atoms with Crippen molar-refractivity contribution in [3.05, 3.63) is 28.2 Å². The Morgan fingerprint density at radius 2 is 2.15 bits per heavy atom. The van der Waals surface area contributed by atoms with Gasteiger partial charge in [-0.15, -0.1) is 0 Å². The molecule has 0 atom stereocenters. The van der Waals surface area contributed by atoms with E-state index in [1.54, 1.807) is 31.2 Å². The van der Waals surface area contributed by atoms with Crippen molar-refractivity contribution in [2.24, 2.45) is 0 Å². The van der Waals surface area contributed by atoms with Crippen molar-refractivity contribution in [2.75, 3.05) is 38.8 Å². The highest BCUT2D eigenvalue weighted by Crippen LogP contribution is 2.24. The van der Waals surface area contributed by atoms with Crippen LogP contribution >= 0.6 is 15.9 Å². The molecule has 1 rings (SSSR count). The normalized spacial score (nSPS) is 10.2. The van der Waals surface area contributed by atoms with E-state index in [4.69, 9.17) is 9.84 Å². The molecule has 0 heterocycles. The van der Waals surface area contributed by atoms with Crippen LogP contribution in [0.15, 0.2) is 22.7 Å². The number of hydrogen-bond donors (Lipinski definition) is 2. The Hall–Kier alpha value is -1.60. The minimum atomic E-state index is -1.03. The Bertz CT molecular complexity index is 493. The van der Waals surface area contributed by atoms with Gasteiger partial charge >= 0.3 is 5.97 Å². The number of benzene rings is 1. The standard InChI is InChI=1S/C13H17BrN2O4/c1-16(8-12(17)15-5-6-20-2)11-7-9(14)3-4-10(11)13(18)19/h3-4,7H,5-6,8H2,1-2H3,(H,15,17)(H,18,19). The Labute approximate surface area is 125 Å². The van der Waals surface area contributed by atoms with Crippen LogP contribution in [-0.2, 0) is 9.53 Å². The molecule has 0 aliphatic heterocycles. The molecule has 0 saturated carbocycles. The van der Waals surface area contributed by atoms with Crippen LogP contribution in [0, 0.1) is 0 Å². The number of amides is 1. The summed E-state index contributed by atoms with van der Waals surface area (Å²) in [5, 5.41) is 11.8. The number of halogens is 1. The molecule has 2 N–H and O–H groups in total. The second-order valence-corrected chi connectivity index (χ2v) is 5.08. The van der Waals surface area contributed by atoms with E-state index in [0.29, 0.717) is 18.8 Å². The highest BCUT2D eigenvalue weighted by molar-refractivity contribution is 9.10. The van der Waals surface area contributed by atoms with Crippen LogP contribution < -0.4 is 10.2 Å². The highest BCUT2D eigenvalue weighted by atomic mass is 79.9. The largest absolute Gasteiger partial charge is 0.478 e. The predicted octanol–water partition coefficient (Wildman–Crippen LogP) is 1.35. The van der Waals surface area contributed by atoms with Gasteiger partial charge in [0.15, 0.2) is 0 Å². The zero-order chi connectivity index (χ0) is 15.1. The highest BCUT2D eigenvalue weighted by Gasteiger charge is 2.15. The Balaban J connectivity index is 2.76.